The maximum atomic E-state index is 12.9. The van der Waals surface area contributed by atoms with Crippen LogP contribution in [0.2, 0.25) is 0 Å². The van der Waals surface area contributed by atoms with Crippen LogP contribution in [0.25, 0.3) is 0 Å². The maximum Gasteiger partial charge on any atom is 0.223 e. The number of nitrogens with zero attached hydrogens (tertiary/aromatic N) is 4. The highest BCUT2D eigenvalue weighted by atomic mass is 79.9. The average molecular weight is 504 g/mol. The van der Waals surface area contributed by atoms with E-state index >= 15 is 0 Å². The van der Waals surface area contributed by atoms with Gasteiger partial charge in [-0.2, -0.15) is 17.0 Å². The molecule has 0 aliphatic heterocycles. The zero-order chi connectivity index (χ0) is 22.8. The minimum atomic E-state index is 0.126. The van der Waals surface area contributed by atoms with Gasteiger partial charge in [-0.1, -0.05) is 34.1 Å². The van der Waals surface area contributed by atoms with Crippen molar-refractivity contribution in [2.75, 3.05) is 30.3 Å². The summed E-state index contributed by atoms with van der Waals surface area (Å²) >= 11 is 5.42. The first-order chi connectivity index (χ1) is 14.9. The zero-order valence-electron chi connectivity index (χ0n) is 18.7. The summed E-state index contributed by atoms with van der Waals surface area (Å²) in [4.78, 5) is 21.4. The highest BCUT2D eigenvalue weighted by Gasteiger charge is 2.20. The van der Waals surface area contributed by atoms with Crippen molar-refractivity contribution >= 4 is 39.4 Å². The standard InChI is InChI=1S/C24H31BrN4OS/c1-5-28(17-18(3)29(6-2)23-12-11-20(15-26)16-27-23)24(30)13-14-31-19(4)21-9-7-8-10-22(21)25/h7-12,16,18-19H,5-6,13-14,17H2,1-4H3. The van der Waals surface area contributed by atoms with Crippen LogP contribution in [-0.4, -0.2) is 47.2 Å². The number of aromatic nitrogens is 1. The van der Waals surface area contributed by atoms with E-state index in [0.717, 1.165) is 22.6 Å². The van der Waals surface area contributed by atoms with E-state index in [9.17, 15) is 4.79 Å². The van der Waals surface area contributed by atoms with E-state index in [2.05, 4.69) is 64.8 Å². The van der Waals surface area contributed by atoms with Gasteiger partial charge in [0.2, 0.25) is 5.91 Å². The number of pyridine rings is 1. The molecular formula is C24H31BrN4OS. The van der Waals surface area contributed by atoms with Crippen LogP contribution in [0.1, 0.15) is 50.5 Å². The van der Waals surface area contributed by atoms with Crippen LogP contribution in [-0.2, 0) is 4.79 Å². The number of hydrogen-bond acceptors (Lipinski definition) is 5. The lowest BCUT2D eigenvalue weighted by molar-refractivity contribution is -0.130. The van der Waals surface area contributed by atoms with E-state index in [1.165, 1.54) is 5.56 Å². The highest BCUT2D eigenvalue weighted by molar-refractivity contribution is 9.10. The van der Waals surface area contributed by atoms with Crippen LogP contribution >= 0.6 is 27.7 Å². The molecule has 0 aliphatic rings. The van der Waals surface area contributed by atoms with Crippen molar-refractivity contribution in [3.63, 3.8) is 0 Å². The average Bonchev–Trinajstić information content (AvgIpc) is 2.78. The molecule has 2 rings (SSSR count). The molecule has 2 atom stereocenters. The van der Waals surface area contributed by atoms with Crippen molar-refractivity contribution in [2.24, 2.45) is 0 Å². The van der Waals surface area contributed by atoms with Gasteiger partial charge in [0.25, 0.3) is 0 Å². The van der Waals surface area contributed by atoms with Gasteiger partial charge < -0.3 is 9.80 Å². The lowest BCUT2D eigenvalue weighted by Crippen LogP contribution is -2.45. The molecule has 0 fully saturated rings. The van der Waals surface area contributed by atoms with Gasteiger partial charge in [-0.05, 0) is 51.5 Å². The van der Waals surface area contributed by atoms with E-state index in [0.29, 0.717) is 30.3 Å². The van der Waals surface area contributed by atoms with E-state index in [1.54, 1.807) is 24.0 Å². The number of thioether (sulfide) groups is 1. The quantitative estimate of drug-likeness (QED) is 0.396. The van der Waals surface area contributed by atoms with Crippen LogP contribution in [0.5, 0.6) is 0 Å². The topological polar surface area (TPSA) is 60.2 Å². The minimum Gasteiger partial charge on any atom is -0.352 e. The monoisotopic (exact) mass is 502 g/mol. The Kier molecular flexibility index (Phi) is 10.4. The molecule has 5 nitrogen and oxygen atoms in total. The molecule has 0 bridgehead atoms. The molecule has 1 aromatic carbocycles. The summed E-state index contributed by atoms with van der Waals surface area (Å²) in [6.45, 7) is 10.5. The van der Waals surface area contributed by atoms with Crippen LogP contribution in [0, 0.1) is 11.3 Å². The molecule has 0 saturated heterocycles. The molecule has 1 heterocycles. The third kappa shape index (κ3) is 7.26. The molecule has 0 saturated carbocycles. The SMILES string of the molecule is CCN(CC(C)N(CC)c1ccc(C#N)cn1)C(=O)CCSC(C)c1ccccc1Br. The van der Waals surface area contributed by atoms with Crippen molar-refractivity contribution in [1.29, 1.82) is 5.26 Å². The first kappa shape index (κ1) is 25.2. The molecule has 0 aliphatic carbocycles. The number of nitriles is 1. The number of halogens is 1. The van der Waals surface area contributed by atoms with Gasteiger partial charge in [-0.3, -0.25) is 4.79 Å². The van der Waals surface area contributed by atoms with Gasteiger partial charge >= 0.3 is 0 Å². The number of rotatable bonds is 11. The second kappa shape index (κ2) is 12.7. The molecule has 2 aromatic rings. The summed E-state index contributed by atoms with van der Waals surface area (Å²) < 4.78 is 1.11. The van der Waals surface area contributed by atoms with Crippen molar-refractivity contribution in [3.05, 3.63) is 58.2 Å². The summed E-state index contributed by atoms with van der Waals surface area (Å²) in [5.74, 6) is 1.81. The van der Waals surface area contributed by atoms with Crippen molar-refractivity contribution in [3.8, 4) is 6.07 Å². The molecule has 166 valence electrons. The zero-order valence-corrected chi connectivity index (χ0v) is 21.1. The molecule has 1 amide bonds. The Labute approximate surface area is 199 Å². The maximum absolute atomic E-state index is 12.9. The van der Waals surface area contributed by atoms with Crippen molar-refractivity contribution in [2.45, 2.75) is 45.4 Å². The van der Waals surface area contributed by atoms with Gasteiger partial charge in [0.15, 0.2) is 0 Å². The van der Waals surface area contributed by atoms with Gasteiger partial charge in [0.1, 0.15) is 11.9 Å². The largest absolute Gasteiger partial charge is 0.352 e. The molecule has 0 radical (unpaired) electrons. The smallest absolute Gasteiger partial charge is 0.223 e. The van der Waals surface area contributed by atoms with E-state index in [-0.39, 0.29) is 11.9 Å². The van der Waals surface area contributed by atoms with Gasteiger partial charge in [-0.25, -0.2) is 4.98 Å². The summed E-state index contributed by atoms with van der Waals surface area (Å²) in [7, 11) is 0. The third-order valence-corrected chi connectivity index (χ3v) is 7.21. The van der Waals surface area contributed by atoms with E-state index in [4.69, 9.17) is 5.26 Å². The van der Waals surface area contributed by atoms with Crippen LogP contribution < -0.4 is 4.90 Å². The van der Waals surface area contributed by atoms with Crippen LogP contribution in [0.15, 0.2) is 47.1 Å². The second-order valence-electron chi connectivity index (χ2n) is 7.37. The van der Waals surface area contributed by atoms with E-state index in [1.807, 2.05) is 30.0 Å². The number of anilines is 1. The Bertz CT molecular complexity index is 884. The fourth-order valence-electron chi connectivity index (χ4n) is 3.52. The number of amides is 1. The Balaban J connectivity index is 1.90. The Morgan fingerprint density at radius 1 is 1.19 bits per heavy atom. The Hall–Kier alpha value is -2.04. The lowest BCUT2D eigenvalue weighted by atomic mass is 10.2. The molecule has 2 unspecified atom stereocenters. The van der Waals surface area contributed by atoms with Crippen LogP contribution in [0.4, 0.5) is 5.82 Å². The predicted octanol–water partition coefficient (Wildman–Crippen LogP) is 5.66. The number of hydrogen-bond donors (Lipinski definition) is 0. The van der Waals surface area contributed by atoms with Gasteiger partial charge in [-0.15, -0.1) is 0 Å². The fourth-order valence-corrected chi connectivity index (χ4v) is 5.33. The fraction of sp³-hybridized carbons (Fsp3) is 0.458. The van der Waals surface area contributed by atoms with Crippen molar-refractivity contribution < 1.29 is 4.79 Å². The summed E-state index contributed by atoms with van der Waals surface area (Å²) in [5, 5.41) is 9.31. The minimum absolute atomic E-state index is 0.126. The third-order valence-electron chi connectivity index (χ3n) is 5.29. The predicted molar refractivity (Wildman–Crippen MR) is 133 cm³/mol. The van der Waals surface area contributed by atoms with Gasteiger partial charge in [0.05, 0.1) is 5.56 Å². The molecule has 0 N–H and O–H groups in total. The number of benzene rings is 1. The first-order valence-corrected chi connectivity index (χ1v) is 12.5. The second-order valence-corrected chi connectivity index (χ2v) is 9.67. The molecule has 31 heavy (non-hydrogen) atoms. The first-order valence-electron chi connectivity index (χ1n) is 10.7. The summed E-state index contributed by atoms with van der Waals surface area (Å²) in [5.41, 5.74) is 1.81. The number of carbonyl (C=O) groups excluding carboxylic acids is 1. The molecule has 7 heteroatoms. The summed E-state index contributed by atoms with van der Waals surface area (Å²) in [6, 6.07) is 14.1. The summed E-state index contributed by atoms with van der Waals surface area (Å²) in [6.07, 6.45) is 2.12. The highest BCUT2D eigenvalue weighted by Crippen LogP contribution is 2.33. The van der Waals surface area contributed by atoms with Crippen molar-refractivity contribution in [1.82, 2.24) is 9.88 Å². The molecule has 1 aromatic heterocycles. The van der Waals surface area contributed by atoms with Gasteiger partial charge in [0, 0.05) is 53.8 Å². The lowest BCUT2D eigenvalue weighted by Gasteiger charge is -2.33. The number of carbonyl (C=O) groups is 1. The van der Waals surface area contributed by atoms with E-state index < -0.39 is 0 Å². The Morgan fingerprint density at radius 2 is 1.94 bits per heavy atom. The number of likely N-dealkylation sites (N-methyl/N-ethyl adjacent to an activating group) is 2. The molecule has 0 spiro atoms. The normalized spacial score (nSPS) is 12.6. The molecular weight excluding hydrogens is 472 g/mol. The Morgan fingerprint density at radius 3 is 2.52 bits per heavy atom. The van der Waals surface area contributed by atoms with Crippen LogP contribution in [0.3, 0.4) is 0 Å².